The number of quaternary nitrogens is 2. The van der Waals surface area contributed by atoms with Crippen LogP contribution in [0.15, 0.2) is 48.5 Å². The lowest BCUT2D eigenvalue weighted by Gasteiger charge is -2.33. The second-order valence-electron chi connectivity index (χ2n) is 9.62. The molecule has 0 saturated carbocycles. The lowest BCUT2D eigenvalue weighted by molar-refractivity contribution is -0.949. The van der Waals surface area contributed by atoms with Gasteiger partial charge in [-0.15, -0.1) is 0 Å². The fraction of sp³-hybridized carbons (Fsp3) is 0.478. The van der Waals surface area contributed by atoms with E-state index >= 15 is 0 Å². The molecule has 144 valence electrons. The van der Waals surface area contributed by atoms with E-state index in [0.29, 0.717) is 5.41 Å². The van der Waals surface area contributed by atoms with Gasteiger partial charge in [0.15, 0.2) is 0 Å². The van der Waals surface area contributed by atoms with Gasteiger partial charge in [0.25, 0.3) is 0 Å². The molecule has 27 heavy (non-hydrogen) atoms. The topological polar surface area (TPSA) is 0 Å². The first-order chi connectivity index (χ1) is 12.2. The zero-order chi connectivity index (χ0) is 16.5. The standard InChI is InChI=1S/C23H28N2.2BrH/c1-2-6-20-14-24(13-19(20)5-1)11-9-23(17-24)10-12-25(18-23)15-21-7-3-4-8-22(21)16-25;;/h1-8H,9-18H2;2*1H/q+2;;/p-2. The monoisotopic (exact) mass is 490 g/mol. The van der Waals surface area contributed by atoms with Crippen molar-refractivity contribution in [3.8, 4) is 0 Å². The van der Waals surface area contributed by atoms with Crippen LogP contribution in [0.5, 0.6) is 0 Å². The first-order valence-corrected chi connectivity index (χ1v) is 10.0. The third-order valence-corrected chi connectivity index (χ3v) is 7.83. The summed E-state index contributed by atoms with van der Waals surface area (Å²) in [5, 5.41) is 0. The molecule has 2 aromatic carbocycles. The van der Waals surface area contributed by atoms with Crippen molar-refractivity contribution < 1.29 is 42.9 Å². The number of nitrogens with zero attached hydrogens (tertiary/aromatic N) is 2. The number of benzene rings is 2. The minimum absolute atomic E-state index is 0. The fourth-order valence-electron chi connectivity index (χ4n) is 6.85. The van der Waals surface area contributed by atoms with Gasteiger partial charge < -0.3 is 42.9 Å². The maximum Gasteiger partial charge on any atom is 0.105 e. The summed E-state index contributed by atoms with van der Waals surface area (Å²) in [5.74, 6) is 0. The average Bonchev–Trinajstić information content (AvgIpc) is 3.33. The predicted molar refractivity (Wildman–Crippen MR) is 99.4 cm³/mol. The summed E-state index contributed by atoms with van der Waals surface area (Å²) in [6, 6.07) is 18.4. The minimum atomic E-state index is 0. The summed E-state index contributed by atoms with van der Waals surface area (Å²) in [5.41, 5.74) is 7.10. The molecule has 0 N–H and O–H groups in total. The van der Waals surface area contributed by atoms with Crippen LogP contribution in [0.25, 0.3) is 0 Å². The lowest BCUT2D eigenvalue weighted by Crippen LogP contribution is -3.00. The van der Waals surface area contributed by atoms with Crippen molar-refractivity contribution in [3.05, 3.63) is 70.8 Å². The molecule has 0 unspecified atom stereocenters. The Morgan fingerprint density at radius 3 is 1.22 bits per heavy atom. The van der Waals surface area contributed by atoms with Crippen molar-refractivity contribution in [2.75, 3.05) is 26.2 Å². The Labute approximate surface area is 183 Å². The van der Waals surface area contributed by atoms with Crippen LogP contribution in [0.4, 0.5) is 0 Å². The third-order valence-electron chi connectivity index (χ3n) is 7.83. The van der Waals surface area contributed by atoms with E-state index < -0.39 is 0 Å². The maximum atomic E-state index is 2.37. The summed E-state index contributed by atoms with van der Waals surface area (Å²) in [4.78, 5) is 0. The quantitative estimate of drug-likeness (QED) is 0.369. The minimum Gasteiger partial charge on any atom is -1.00 e. The van der Waals surface area contributed by atoms with Crippen LogP contribution in [-0.4, -0.2) is 35.1 Å². The molecule has 2 saturated heterocycles. The van der Waals surface area contributed by atoms with Crippen molar-refractivity contribution in [2.24, 2.45) is 5.41 Å². The van der Waals surface area contributed by atoms with E-state index in [1.54, 1.807) is 22.3 Å². The van der Waals surface area contributed by atoms with E-state index in [2.05, 4.69) is 48.5 Å². The van der Waals surface area contributed by atoms with Crippen molar-refractivity contribution in [3.63, 3.8) is 0 Å². The molecule has 0 aromatic heterocycles. The molecule has 4 heteroatoms. The Balaban J connectivity index is 0.000000900. The molecule has 2 aromatic rings. The van der Waals surface area contributed by atoms with Gasteiger partial charge in [-0.05, 0) is 0 Å². The molecule has 4 aliphatic heterocycles. The smallest absolute Gasteiger partial charge is 0.105 e. The summed E-state index contributed by atoms with van der Waals surface area (Å²) in [6.45, 7) is 10.8. The van der Waals surface area contributed by atoms with E-state index in [-0.39, 0.29) is 34.0 Å². The normalized spacial score (nSPS) is 24.6. The molecule has 0 aliphatic carbocycles. The molecule has 2 fully saturated rings. The van der Waals surface area contributed by atoms with Crippen LogP contribution in [-0.2, 0) is 26.2 Å². The summed E-state index contributed by atoms with van der Waals surface area (Å²) in [6.07, 6.45) is 2.91. The molecule has 3 spiro atoms. The van der Waals surface area contributed by atoms with Gasteiger partial charge in [-0.3, -0.25) is 0 Å². The van der Waals surface area contributed by atoms with E-state index in [4.69, 9.17) is 0 Å². The van der Waals surface area contributed by atoms with Crippen molar-refractivity contribution >= 4 is 0 Å². The van der Waals surface area contributed by atoms with E-state index in [9.17, 15) is 0 Å². The molecule has 0 radical (unpaired) electrons. The maximum absolute atomic E-state index is 2.37. The molecular weight excluding hydrogens is 464 g/mol. The number of rotatable bonds is 0. The number of hydrogen-bond acceptors (Lipinski definition) is 0. The van der Waals surface area contributed by atoms with Crippen LogP contribution in [0.2, 0.25) is 0 Å². The zero-order valence-electron chi connectivity index (χ0n) is 15.8. The molecule has 0 amide bonds. The number of hydrogen-bond donors (Lipinski definition) is 0. The Hall–Kier alpha value is -0.680. The molecule has 0 bridgehead atoms. The SMILES string of the molecule is [Br-].[Br-].c1ccc2c(c1)C[N+]1(CCC3(CC[N+]4(Cc5ccccc5C4)C3)C1)C2. The lowest BCUT2D eigenvalue weighted by atomic mass is 9.86. The first-order valence-electron chi connectivity index (χ1n) is 10.0. The van der Waals surface area contributed by atoms with Crippen molar-refractivity contribution in [2.45, 2.75) is 39.0 Å². The Morgan fingerprint density at radius 2 is 0.889 bits per heavy atom. The van der Waals surface area contributed by atoms with Gasteiger partial charge in [0.1, 0.15) is 26.2 Å². The van der Waals surface area contributed by atoms with Crippen LogP contribution in [0.1, 0.15) is 35.1 Å². The largest absolute Gasteiger partial charge is 1.00 e. The molecule has 0 atom stereocenters. The summed E-state index contributed by atoms with van der Waals surface area (Å²) >= 11 is 0. The number of halogens is 2. The van der Waals surface area contributed by atoms with Crippen LogP contribution >= 0.6 is 0 Å². The molecule has 2 nitrogen and oxygen atoms in total. The second-order valence-corrected chi connectivity index (χ2v) is 9.62. The van der Waals surface area contributed by atoms with Gasteiger partial charge in [0.05, 0.1) is 31.6 Å². The molecular formula is C23H28Br2N2. The predicted octanol–water partition coefficient (Wildman–Crippen LogP) is -2.15. The van der Waals surface area contributed by atoms with Crippen LogP contribution in [0, 0.1) is 5.41 Å². The Morgan fingerprint density at radius 1 is 0.556 bits per heavy atom. The van der Waals surface area contributed by atoms with Crippen molar-refractivity contribution in [1.29, 1.82) is 0 Å². The van der Waals surface area contributed by atoms with E-state index in [1.807, 2.05) is 0 Å². The highest BCUT2D eigenvalue weighted by molar-refractivity contribution is 5.29. The second kappa shape index (κ2) is 6.69. The molecule has 4 heterocycles. The van der Waals surface area contributed by atoms with E-state index in [0.717, 1.165) is 0 Å². The zero-order valence-corrected chi connectivity index (χ0v) is 19.0. The van der Waals surface area contributed by atoms with Gasteiger partial charge in [0, 0.05) is 35.1 Å². The summed E-state index contributed by atoms with van der Waals surface area (Å²) < 4.78 is 2.71. The first kappa shape index (κ1) is 19.6. The summed E-state index contributed by atoms with van der Waals surface area (Å²) in [7, 11) is 0. The third kappa shape index (κ3) is 3.04. The molecule has 4 aliphatic rings. The van der Waals surface area contributed by atoms with Gasteiger partial charge in [-0.25, -0.2) is 0 Å². The highest BCUT2D eigenvalue weighted by Gasteiger charge is 2.59. The van der Waals surface area contributed by atoms with Gasteiger partial charge in [0.2, 0.25) is 0 Å². The van der Waals surface area contributed by atoms with Gasteiger partial charge >= 0.3 is 0 Å². The Bertz CT molecular complexity index is 741. The Kier molecular flexibility index (Phi) is 4.86. The fourth-order valence-corrected chi connectivity index (χ4v) is 6.85. The van der Waals surface area contributed by atoms with Crippen LogP contribution in [0.3, 0.4) is 0 Å². The van der Waals surface area contributed by atoms with Gasteiger partial charge in [-0.2, -0.15) is 0 Å². The highest BCUT2D eigenvalue weighted by atomic mass is 79.9. The number of fused-ring (bicyclic) bond motifs is 2. The van der Waals surface area contributed by atoms with Crippen molar-refractivity contribution in [1.82, 2.24) is 0 Å². The van der Waals surface area contributed by atoms with Gasteiger partial charge in [-0.1, -0.05) is 48.5 Å². The van der Waals surface area contributed by atoms with E-state index in [1.165, 1.54) is 74.2 Å². The molecule has 6 rings (SSSR count). The van der Waals surface area contributed by atoms with Crippen LogP contribution < -0.4 is 34.0 Å². The highest BCUT2D eigenvalue weighted by Crippen LogP contribution is 2.51. The average molecular weight is 492 g/mol.